The van der Waals surface area contributed by atoms with Crippen molar-refractivity contribution in [2.75, 3.05) is 41.3 Å². The Balaban J connectivity index is 1.46. The van der Waals surface area contributed by atoms with Crippen LogP contribution < -0.4 is 5.32 Å². The maximum atomic E-state index is 13.1. The number of carbonyl (C=O) groups excluding carboxylic acids is 3. The highest BCUT2D eigenvalue weighted by Gasteiger charge is 2.53. The largest absolute Gasteiger partial charge is 0.345 e. The van der Waals surface area contributed by atoms with Gasteiger partial charge in [0.15, 0.2) is 5.82 Å². The Bertz CT molecular complexity index is 1410. The molecule has 1 aromatic heterocycles. The summed E-state index contributed by atoms with van der Waals surface area (Å²) in [6.45, 7) is 0.520. The summed E-state index contributed by atoms with van der Waals surface area (Å²) in [5.41, 5.74) is 1.80. The van der Waals surface area contributed by atoms with Gasteiger partial charge in [-0.2, -0.15) is 10.5 Å². The highest BCUT2D eigenvalue weighted by atomic mass is 16.2. The summed E-state index contributed by atoms with van der Waals surface area (Å²) in [6.07, 6.45) is 2.17. The number of likely N-dealkylation sites (tertiary alicyclic amines) is 1. The average molecular weight is 570 g/mol. The number of benzene rings is 2. The molecule has 218 valence electrons. The molecule has 3 aromatic rings. The van der Waals surface area contributed by atoms with E-state index in [0.29, 0.717) is 35.8 Å². The summed E-state index contributed by atoms with van der Waals surface area (Å²) in [6, 6.07) is 16.7. The normalized spacial score (nSPS) is 19.1. The zero-order valence-corrected chi connectivity index (χ0v) is 24.2. The van der Waals surface area contributed by atoms with E-state index < -0.39 is 5.41 Å². The van der Waals surface area contributed by atoms with Gasteiger partial charge in [-0.05, 0) is 67.1 Å². The molecule has 3 amide bonds. The molecule has 2 aromatic carbocycles. The van der Waals surface area contributed by atoms with Crippen LogP contribution in [0.2, 0.25) is 0 Å². The Labute approximate surface area is 244 Å². The number of H-pyrrole nitrogens is 1. The monoisotopic (exact) mass is 569 g/mol. The first kappa shape index (κ1) is 28.9. The molecule has 1 aliphatic heterocycles. The minimum Gasteiger partial charge on any atom is -0.345 e. The zero-order valence-electron chi connectivity index (χ0n) is 24.2. The number of hydrogen-bond acceptors (Lipinski definition) is 8. The van der Waals surface area contributed by atoms with Crippen molar-refractivity contribution < 1.29 is 14.4 Å². The fourth-order valence-corrected chi connectivity index (χ4v) is 5.97. The number of hydrogen-bond donors (Lipinski definition) is 2. The molecule has 0 spiro atoms. The van der Waals surface area contributed by atoms with Crippen molar-refractivity contribution in [2.24, 2.45) is 5.92 Å². The molecule has 0 bridgehead atoms. The number of nitriles is 1. The second kappa shape index (κ2) is 11.7. The molecule has 12 heteroatoms. The minimum absolute atomic E-state index is 0.0742. The van der Waals surface area contributed by atoms with Gasteiger partial charge in [0.25, 0.3) is 11.8 Å². The molecule has 12 nitrogen and oxygen atoms in total. The number of nitrogens with zero attached hydrogens (tertiary/aromatic N) is 7. The fraction of sp³-hybridized carbons (Fsp3) is 0.433. The molecule has 1 saturated carbocycles. The second-order valence-electron chi connectivity index (χ2n) is 11.4. The molecule has 1 aliphatic carbocycles. The van der Waals surface area contributed by atoms with Gasteiger partial charge in [-0.15, -0.1) is 10.2 Å². The number of aromatic nitrogens is 4. The van der Waals surface area contributed by atoms with E-state index in [4.69, 9.17) is 0 Å². The quantitative estimate of drug-likeness (QED) is 0.348. The van der Waals surface area contributed by atoms with Crippen LogP contribution in [-0.2, 0) is 10.2 Å². The lowest BCUT2D eigenvalue weighted by Gasteiger charge is -2.33. The molecule has 2 heterocycles. The Morgan fingerprint density at radius 2 is 1.55 bits per heavy atom. The van der Waals surface area contributed by atoms with Gasteiger partial charge < -0.3 is 20.0 Å². The summed E-state index contributed by atoms with van der Waals surface area (Å²) in [5.74, 6) is 0.561. The van der Waals surface area contributed by atoms with Crippen molar-refractivity contribution >= 4 is 17.7 Å². The SMILES string of the molecule is CN(C)C(=O)c1ccc(C(CCNCC(=O)N2[C@H](C#N)C[C@@H]3C[C@@H]32)(c2ccc(C(=O)N(C)C)cc2)c2nn[nH]n2)cc1. The van der Waals surface area contributed by atoms with Crippen molar-refractivity contribution in [2.45, 2.75) is 36.8 Å². The van der Waals surface area contributed by atoms with E-state index in [1.807, 2.05) is 24.3 Å². The smallest absolute Gasteiger partial charge is 0.253 e. The maximum Gasteiger partial charge on any atom is 0.253 e. The van der Waals surface area contributed by atoms with Crippen LogP contribution in [0, 0.1) is 17.2 Å². The van der Waals surface area contributed by atoms with Gasteiger partial charge in [0.2, 0.25) is 5.91 Å². The van der Waals surface area contributed by atoms with Crippen molar-refractivity contribution in [1.29, 1.82) is 5.26 Å². The Hall–Kier alpha value is -4.63. The van der Waals surface area contributed by atoms with E-state index in [2.05, 4.69) is 32.0 Å². The Morgan fingerprint density at radius 3 is 2.02 bits per heavy atom. The lowest BCUT2D eigenvalue weighted by Crippen LogP contribution is -2.44. The first-order valence-electron chi connectivity index (χ1n) is 14.0. The summed E-state index contributed by atoms with van der Waals surface area (Å²) in [7, 11) is 6.81. The van der Waals surface area contributed by atoms with Crippen molar-refractivity contribution in [3.63, 3.8) is 0 Å². The van der Waals surface area contributed by atoms with Crippen molar-refractivity contribution in [3.8, 4) is 6.07 Å². The number of nitrogens with one attached hydrogen (secondary N) is 2. The van der Waals surface area contributed by atoms with E-state index in [0.717, 1.165) is 24.0 Å². The third kappa shape index (κ3) is 5.35. The standard InChI is InChI=1S/C30H35N9O3/c1-37(2)27(41)19-5-9-22(10-6-19)30(29-33-35-36-34-29,23-11-7-20(8-12-23)28(42)38(3)4)13-14-32-18-26(40)39-24(17-31)15-21-16-25(21)39/h5-12,21,24-25,32H,13-16,18H2,1-4H3,(H,33,34,35,36)/t21-,24+,25+/m1/s1. The highest BCUT2D eigenvalue weighted by molar-refractivity contribution is 5.94. The van der Waals surface area contributed by atoms with Gasteiger partial charge in [0.05, 0.1) is 18.0 Å². The second-order valence-corrected chi connectivity index (χ2v) is 11.4. The van der Waals surface area contributed by atoms with Gasteiger partial charge in [0, 0.05) is 45.4 Å². The third-order valence-corrected chi connectivity index (χ3v) is 8.28. The van der Waals surface area contributed by atoms with Gasteiger partial charge in [0.1, 0.15) is 6.04 Å². The molecule has 0 radical (unpaired) electrons. The van der Waals surface area contributed by atoms with Gasteiger partial charge in [-0.25, -0.2) is 0 Å². The number of aromatic amines is 1. The minimum atomic E-state index is -0.924. The fourth-order valence-electron chi connectivity index (χ4n) is 5.97. The number of piperidine rings is 1. The van der Waals surface area contributed by atoms with Gasteiger partial charge >= 0.3 is 0 Å². The van der Waals surface area contributed by atoms with Crippen LogP contribution in [0.3, 0.4) is 0 Å². The molecule has 0 unspecified atom stereocenters. The molecule has 1 saturated heterocycles. The molecule has 2 fully saturated rings. The van der Waals surface area contributed by atoms with E-state index in [1.54, 1.807) is 57.4 Å². The maximum absolute atomic E-state index is 13.1. The number of rotatable bonds is 10. The summed E-state index contributed by atoms with van der Waals surface area (Å²) in [4.78, 5) is 43.0. The van der Waals surface area contributed by atoms with E-state index >= 15 is 0 Å². The van der Waals surface area contributed by atoms with E-state index in [9.17, 15) is 19.6 Å². The first-order valence-corrected chi connectivity index (χ1v) is 14.0. The molecular formula is C30H35N9O3. The number of tetrazole rings is 1. The summed E-state index contributed by atoms with van der Waals surface area (Å²) < 4.78 is 0. The van der Waals surface area contributed by atoms with Crippen LogP contribution in [0.5, 0.6) is 0 Å². The molecule has 2 aliphatic rings. The summed E-state index contributed by atoms with van der Waals surface area (Å²) in [5, 5.41) is 28.0. The molecule has 2 N–H and O–H groups in total. The molecule has 5 rings (SSSR count). The topological polar surface area (TPSA) is 151 Å². The average Bonchev–Trinajstić information content (AvgIpc) is 3.36. The Kier molecular flexibility index (Phi) is 8.04. The molecular weight excluding hydrogens is 534 g/mol. The predicted molar refractivity (Wildman–Crippen MR) is 153 cm³/mol. The van der Waals surface area contributed by atoms with E-state index in [1.165, 1.54) is 9.80 Å². The van der Waals surface area contributed by atoms with Crippen LogP contribution >= 0.6 is 0 Å². The first-order chi connectivity index (χ1) is 20.2. The number of fused-ring (bicyclic) bond motifs is 1. The highest BCUT2D eigenvalue weighted by Crippen LogP contribution is 2.47. The van der Waals surface area contributed by atoms with E-state index in [-0.39, 0.29) is 36.3 Å². The van der Waals surface area contributed by atoms with Gasteiger partial charge in [-0.1, -0.05) is 29.5 Å². The van der Waals surface area contributed by atoms with Gasteiger partial charge in [-0.3, -0.25) is 14.4 Å². The Morgan fingerprint density at radius 1 is 0.976 bits per heavy atom. The zero-order chi connectivity index (χ0) is 30.0. The number of carbonyl (C=O) groups is 3. The molecule has 42 heavy (non-hydrogen) atoms. The summed E-state index contributed by atoms with van der Waals surface area (Å²) >= 11 is 0. The van der Waals surface area contributed by atoms with Crippen LogP contribution in [0.25, 0.3) is 0 Å². The molecule has 3 atom stereocenters. The predicted octanol–water partition coefficient (Wildman–Crippen LogP) is 1.43. The third-order valence-electron chi connectivity index (χ3n) is 8.28. The lowest BCUT2D eigenvalue weighted by molar-refractivity contribution is -0.131. The van der Waals surface area contributed by atoms with Crippen LogP contribution in [0.15, 0.2) is 48.5 Å². The lowest BCUT2D eigenvalue weighted by atomic mass is 9.71. The van der Waals surface area contributed by atoms with Crippen molar-refractivity contribution in [3.05, 3.63) is 76.6 Å². The van der Waals surface area contributed by atoms with Crippen molar-refractivity contribution in [1.82, 2.24) is 40.6 Å². The van der Waals surface area contributed by atoms with Crippen LogP contribution in [0.4, 0.5) is 0 Å². The van der Waals surface area contributed by atoms with Crippen LogP contribution in [0.1, 0.15) is 56.9 Å². The number of amides is 3. The van der Waals surface area contributed by atoms with Crippen LogP contribution in [-0.4, -0.2) is 106 Å².